The van der Waals surface area contributed by atoms with Crippen LogP contribution in [0.25, 0.3) is 0 Å². The molecule has 98 valence electrons. The molecule has 2 rings (SSSR count). The second-order valence-electron chi connectivity index (χ2n) is 5.57. The van der Waals surface area contributed by atoms with Crippen LogP contribution in [0.4, 0.5) is 0 Å². The fourth-order valence-corrected chi connectivity index (χ4v) is 2.61. The number of nitrogens with zero attached hydrogens (tertiary/aromatic N) is 1. The molecule has 0 radical (unpaired) electrons. The molecule has 1 N–H and O–H groups in total. The summed E-state index contributed by atoms with van der Waals surface area (Å²) in [4.78, 5) is 13.8. The van der Waals surface area contributed by atoms with Crippen molar-refractivity contribution >= 4 is 5.97 Å². The van der Waals surface area contributed by atoms with Crippen molar-refractivity contribution in [1.82, 2.24) is 4.90 Å². The highest BCUT2D eigenvalue weighted by Gasteiger charge is 2.44. The third-order valence-electron chi connectivity index (χ3n) is 3.84. The Kier molecular flexibility index (Phi) is 4.05. The summed E-state index contributed by atoms with van der Waals surface area (Å²) < 4.78 is 5.31. The lowest BCUT2D eigenvalue weighted by atomic mass is 9.86. The van der Waals surface area contributed by atoms with E-state index in [4.69, 9.17) is 4.74 Å². The van der Waals surface area contributed by atoms with Gasteiger partial charge < -0.3 is 14.7 Å². The first-order chi connectivity index (χ1) is 8.16. The monoisotopic (exact) mass is 241 g/mol. The first-order valence-corrected chi connectivity index (χ1v) is 6.70. The van der Waals surface area contributed by atoms with Gasteiger partial charge in [-0.05, 0) is 38.1 Å². The molecule has 1 saturated carbocycles. The van der Waals surface area contributed by atoms with Crippen LogP contribution in [0.3, 0.4) is 0 Å². The molecule has 0 aromatic carbocycles. The Morgan fingerprint density at radius 2 is 2.29 bits per heavy atom. The van der Waals surface area contributed by atoms with E-state index in [1.807, 2.05) is 0 Å². The van der Waals surface area contributed by atoms with Crippen molar-refractivity contribution in [3.63, 3.8) is 0 Å². The molecule has 2 fully saturated rings. The van der Waals surface area contributed by atoms with Crippen LogP contribution in [0.5, 0.6) is 0 Å². The summed E-state index contributed by atoms with van der Waals surface area (Å²) in [5.74, 6) is 0.126. The van der Waals surface area contributed by atoms with E-state index in [1.54, 1.807) is 0 Å². The van der Waals surface area contributed by atoms with Crippen LogP contribution in [0.1, 0.15) is 32.6 Å². The molecular weight excluding hydrogens is 218 g/mol. The van der Waals surface area contributed by atoms with E-state index in [0.29, 0.717) is 26.2 Å². The number of ether oxygens (including phenoxy) is 1. The molecule has 4 heteroatoms. The van der Waals surface area contributed by atoms with Gasteiger partial charge in [-0.2, -0.15) is 0 Å². The highest BCUT2D eigenvalue weighted by molar-refractivity contribution is 5.75. The molecule has 1 aliphatic carbocycles. The molecule has 1 heterocycles. The van der Waals surface area contributed by atoms with Gasteiger partial charge in [-0.15, -0.1) is 0 Å². The van der Waals surface area contributed by atoms with Gasteiger partial charge in [-0.25, -0.2) is 0 Å². The van der Waals surface area contributed by atoms with E-state index < -0.39 is 11.4 Å². The summed E-state index contributed by atoms with van der Waals surface area (Å²) in [6, 6.07) is 0. The topological polar surface area (TPSA) is 49.8 Å². The molecule has 1 unspecified atom stereocenters. The number of carboxylic acid groups (broad SMARTS) is 1. The van der Waals surface area contributed by atoms with Gasteiger partial charge in [0, 0.05) is 19.7 Å². The zero-order valence-corrected chi connectivity index (χ0v) is 10.7. The number of rotatable bonds is 7. The normalized spacial score (nSPS) is 28.8. The Morgan fingerprint density at radius 1 is 1.53 bits per heavy atom. The summed E-state index contributed by atoms with van der Waals surface area (Å²) in [6.07, 6.45) is 4.38. The van der Waals surface area contributed by atoms with Gasteiger partial charge in [-0.1, -0.05) is 6.92 Å². The SMILES string of the molecule is CCCN(CC1CC1)CC1(C(=O)O)CCOC1. The van der Waals surface area contributed by atoms with Crippen molar-refractivity contribution in [3.8, 4) is 0 Å². The van der Waals surface area contributed by atoms with Crippen molar-refractivity contribution in [2.45, 2.75) is 32.6 Å². The predicted octanol–water partition coefficient (Wildman–Crippen LogP) is 1.60. The third-order valence-corrected chi connectivity index (χ3v) is 3.84. The Balaban J connectivity index is 1.95. The van der Waals surface area contributed by atoms with E-state index >= 15 is 0 Å². The van der Waals surface area contributed by atoms with Crippen LogP contribution in [0.2, 0.25) is 0 Å². The molecule has 1 atom stereocenters. The molecular formula is C13H23NO3. The minimum absolute atomic E-state index is 0.382. The Bertz CT molecular complexity index is 270. The highest BCUT2D eigenvalue weighted by Crippen LogP contribution is 2.34. The molecule has 0 amide bonds. The van der Waals surface area contributed by atoms with E-state index in [1.165, 1.54) is 12.8 Å². The molecule has 0 bridgehead atoms. The molecule has 1 aliphatic heterocycles. The summed E-state index contributed by atoms with van der Waals surface area (Å²) in [5, 5.41) is 9.42. The second-order valence-corrected chi connectivity index (χ2v) is 5.57. The summed E-state index contributed by atoms with van der Waals surface area (Å²) in [6.45, 7) is 5.86. The molecule has 0 aromatic heterocycles. The predicted molar refractivity (Wildman–Crippen MR) is 65.0 cm³/mol. The van der Waals surface area contributed by atoms with Gasteiger partial charge in [0.1, 0.15) is 5.41 Å². The highest BCUT2D eigenvalue weighted by atomic mass is 16.5. The Labute approximate surface area is 103 Å². The average Bonchev–Trinajstić information content (AvgIpc) is 2.95. The molecule has 17 heavy (non-hydrogen) atoms. The number of carboxylic acids is 1. The molecule has 1 saturated heterocycles. The maximum absolute atomic E-state index is 11.5. The Morgan fingerprint density at radius 3 is 2.76 bits per heavy atom. The first kappa shape index (κ1) is 12.8. The summed E-state index contributed by atoms with van der Waals surface area (Å²) in [7, 11) is 0. The lowest BCUT2D eigenvalue weighted by Gasteiger charge is -2.31. The van der Waals surface area contributed by atoms with Crippen LogP contribution >= 0.6 is 0 Å². The average molecular weight is 241 g/mol. The number of carbonyl (C=O) groups is 1. The Hall–Kier alpha value is -0.610. The first-order valence-electron chi connectivity index (χ1n) is 6.70. The second kappa shape index (κ2) is 5.36. The maximum Gasteiger partial charge on any atom is 0.313 e. The molecule has 0 spiro atoms. The lowest BCUT2D eigenvalue weighted by Crippen LogP contribution is -2.44. The van der Waals surface area contributed by atoms with Crippen molar-refractivity contribution < 1.29 is 14.6 Å². The lowest BCUT2D eigenvalue weighted by molar-refractivity contribution is -0.150. The van der Waals surface area contributed by atoms with E-state index in [0.717, 1.165) is 25.4 Å². The van der Waals surface area contributed by atoms with Gasteiger partial charge in [0.25, 0.3) is 0 Å². The van der Waals surface area contributed by atoms with Crippen molar-refractivity contribution in [3.05, 3.63) is 0 Å². The fourth-order valence-electron chi connectivity index (χ4n) is 2.61. The third kappa shape index (κ3) is 3.19. The van der Waals surface area contributed by atoms with E-state index in [9.17, 15) is 9.90 Å². The largest absolute Gasteiger partial charge is 0.481 e. The van der Waals surface area contributed by atoms with Crippen molar-refractivity contribution in [1.29, 1.82) is 0 Å². The molecule has 4 nitrogen and oxygen atoms in total. The standard InChI is InChI=1S/C13H23NO3/c1-2-6-14(8-11-3-4-11)9-13(12(15)16)5-7-17-10-13/h11H,2-10H2,1H3,(H,15,16). The van der Waals surface area contributed by atoms with Crippen LogP contribution in [0.15, 0.2) is 0 Å². The van der Waals surface area contributed by atoms with Crippen molar-refractivity contribution in [2.24, 2.45) is 11.3 Å². The number of hydrogen-bond donors (Lipinski definition) is 1. The minimum Gasteiger partial charge on any atom is -0.481 e. The van der Waals surface area contributed by atoms with Crippen LogP contribution in [-0.2, 0) is 9.53 Å². The van der Waals surface area contributed by atoms with Crippen LogP contribution < -0.4 is 0 Å². The van der Waals surface area contributed by atoms with Gasteiger partial charge in [0.15, 0.2) is 0 Å². The van der Waals surface area contributed by atoms with Gasteiger partial charge in [0.05, 0.1) is 6.61 Å². The zero-order chi connectivity index (χ0) is 12.3. The van der Waals surface area contributed by atoms with Gasteiger partial charge in [0.2, 0.25) is 0 Å². The number of hydrogen-bond acceptors (Lipinski definition) is 3. The van der Waals surface area contributed by atoms with Crippen LogP contribution in [0, 0.1) is 11.3 Å². The smallest absolute Gasteiger partial charge is 0.313 e. The minimum atomic E-state index is -0.688. The molecule has 0 aromatic rings. The van der Waals surface area contributed by atoms with E-state index in [2.05, 4.69) is 11.8 Å². The van der Waals surface area contributed by atoms with Gasteiger partial charge >= 0.3 is 5.97 Å². The van der Waals surface area contributed by atoms with Crippen molar-refractivity contribution in [2.75, 3.05) is 32.8 Å². The summed E-state index contributed by atoms with van der Waals surface area (Å²) in [5.41, 5.74) is -0.649. The number of aliphatic carboxylic acids is 1. The van der Waals surface area contributed by atoms with Crippen LogP contribution in [-0.4, -0.2) is 48.8 Å². The fraction of sp³-hybridized carbons (Fsp3) is 0.923. The summed E-state index contributed by atoms with van der Waals surface area (Å²) >= 11 is 0. The van der Waals surface area contributed by atoms with E-state index in [-0.39, 0.29) is 0 Å². The maximum atomic E-state index is 11.5. The quantitative estimate of drug-likeness (QED) is 0.735. The molecule has 2 aliphatic rings. The van der Waals surface area contributed by atoms with Gasteiger partial charge in [-0.3, -0.25) is 4.79 Å². The zero-order valence-electron chi connectivity index (χ0n) is 10.7.